The number of nitrogens with zero attached hydrogens (tertiary/aromatic N) is 1. The van der Waals surface area contributed by atoms with E-state index in [4.69, 9.17) is 5.73 Å². The quantitative estimate of drug-likeness (QED) is 0.926. The van der Waals surface area contributed by atoms with E-state index in [9.17, 15) is 8.78 Å². The van der Waals surface area contributed by atoms with E-state index in [-0.39, 0.29) is 11.3 Å². The lowest BCUT2D eigenvalue weighted by Gasteiger charge is -2.16. The van der Waals surface area contributed by atoms with E-state index in [1.807, 2.05) is 42.3 Å². The number of hydrogen-bond donors (Lipinski definition) is 1. The molecule has 0 radical (unpaired) electrons. The minimum Gasteiger partial charge on any atom is -0.397 e. The molecule has 0 bridgehead atoms. The molecule has 0 aliphatic carbocycles. The first-order valence-corrected chi connectivity index (χ1v) is 6.23. The third-order valence-corrected chi connectivity index (χ3v) is 2.87. The lowest BCUT2D eigenvalue weighted by Crippen LogP contribution is -2.13. The third-order valence-electron chi connectivity index (χ3n) is 2.87. The van der Waals surface area contributed by atoms with E-state index in [0.29, 0.717) is 6.54 Å². The lowest BCUT2D eigenvalue weighted by molar-refractivity contribution is 0.451. The highest BCUT2D eigenvalue weighted by atomic mass is 19.1. The van der Waals surface area contributed by atoms with Crippen LogP contribution in [0.1, 0.15) is 11.1 Å². The summed E-state index contributed by atoms with van der Waals surface area (Å²) in [5.41, 5.74) is 7.21. The largest absolute Gasteiger partial charge is 0.397 e. The minimum absolute atomic E-state index is 0.0740. The topological polar surface area (TPSA) is 29.3 Å². The van der Waals surface area contributed by atoms with Crippen LogP contribution in [0.15, 0.2) is 54.7 Å². The first-order chi connectivity index (χ1) is 9.56. The summed E-state index contributed by atoms with van der Waals surface area (Å²) in [6.45, 7) is 0.637. The fourth-order valence-electron chi connectivity index (χ4n) is 1.94. The van der Waals surface area contributed by atoms with Crippen molar-refractivity contribution in [1.29, 1.82) is 0 Å². The Morgan fingerprint density at radius 2 is 1.85 bits per heavy atom. The van der Waals surface area contributed by atoms with Gasteiger partial charge >= 0.3 is 0 Å². The van der Waals surface area contributed by atoms with Gasteiger partial charge in [0.1, 0.15) is 11.6 Å². The SMILES string of the molecule is CN(/C=C(\N)c1cc(F)ccc1F)Cc1ccccc1. The van der Waals surface area contributed by atoms with Crippen LogP contribution in [0.4, 0.5) is 8.78 Å². The minimum atomic E-state index is -0.534. The van der Waals surface area contributed by atoms with Gasteiger partial charge in [-0.1, -0.05) is 30.3 Å². The third kappa shape index (κ3) is 3.57. The number of halogens is 2. The Hall–Kier alpha value is -2.36. The summed E-state index contributed by atoms with van der Waals surface area (Å²) < 4.78 is 26.7. The molecule has 0 aromatic heterocycles. The van der Waals surface area contributed by atoms with Crippen molar-refractivity contribution in [3.63, 3.8) is 0 Å². The van der Waals surface area contributed by atoms with Gasteiger partial charge in [0, 0.05) is 25.4 Å². The van der Waals surface area contributed by atoms with Gasteiger partial charge in [0.05, 0.1) is 5.70 Å². The van der Waals surface area contributed by atoms with E-state index in [0.717, 1.165) is 23.8 Å². The second kappa shape index (κ2) is 6.19. The van der Waals surface area contributed by atoms with E-state index in [1.165, 1.54) is 0 Å². The molecule has 20 heavy (non-hydrogen) atoms. The highest BCUT2D eigenvalue weighted by Gasteiger charge is 2.07. The predicted molar refractivity (Wildman–Crippen MR) is 76.4 cm³/mol. The Morgan fingerprint density at radius 1 is 1.15 bits per heavy atom. The molecule has 2 rings (SSSR count). The standard InChI is InChI=1S/C16H16F2N2/c1-20(10-12-5-3-2-4-6-12)11-16(19)14-9-13(17)7-8-15(14)18/h2-9,11H,10,19H2,1H3/b16-11-. The van der Waals surface area contributed by atoms with Gasteiger partial charge in [-0.15, -0.1) is 0 Å². The summed E-state index contributed by atoms with van der Waals surface area (Å²) in [5, 5.41) is 0. The number of benzene rings is 2. The second-order valence-electron chi connectivity index (χ2n) is 4.61. The summed E-state index contributed by atoms with van der Waals surface area (Å²) in [4.78, 5) is 1.83. The molecule has 4 heteroatoms. The van der Waals surface area contributed by atoms with Crippen LogP contribution in [0.3, 0.4) is 0 Å². The van der Waals surface area contributed by atoms with Crippen LogP contribution in [-0.4, -0.2) is 11.9 Å². The molecule has 0 amide bonds. The van der Waals surface area contributed by atoms with Crippen LogP contribution in [-0.2, 0) is 6.54 Å². The fourth-order valence-corrected chi connectivity index (χ4v) is 1.94. The van der Waals surface area contributed by atoms with Crippen LogP contribution < -0.4 is 5.73 Å². The normalized spacial score (nSPS) is 11.4. The molecule has 0 atom stereocenters. The zero-order valence-electron chi connectivity index (χ0n) is 11.2. The Labute approximate surface area is 117 Å². The van der Waals surface area contributed by atoms with Gasteiger partial charge in [0.2, 0.25) is 0 Å². The number of hydrogen-bond acceptors (Lipinski definition) is 2. The summed E-state index contributed by atoms with van der Waals surface area (Å²) in [6.07, 6.45) is 1.60. The van der Waals surface area contributed by atoms with Crippen LogP contribution >= 0.6 is 0 Å². The van der Waals surface area contributed by atoms with Crippen molar-refractivity contribution in [3.8, 4) is 0 Å². The number of nitrogens with two attached hydrogens (primary N) is 1. The zero-order chi connectivity index (χ0) is 14.5. The molecule has 0 heterocycles. The smallest absolute Gasteiger partial charge is 0.132 e. The molecular weight excluding hydrogens is 258 g/mol. The highest BCUT2D eigenvalue weighted by molar-refractivity contribution is 5.62. The Morgan fingerprint density at radius 3 is 2.55 bits per heavy atom. The van der Waals surface area contributed by atoms with Gasteiger partial charge in [-0.05, 0) is 23.8 Å². The molecular formula is C16H16F2N2. The summed E-state index contributed by atoms with van der Waals surface area (Å²) in [6, 6.07) is 13.0. The predicted octanol–water partition coefficient (Wildman–Crippen LogP) is 3.35. The van der Waals surface area contributed by atoms with Gasteiger partial charge in [-0.3, -0.25) is 0 Å². The Bertz CT molecular complexity index is 609. The van der Waals surface area contributed by atoms with Crippen LogP contribution in [0, 0.1) is 11.6 Å². The maximum atomic E-state index is 13.6. The molecule has 0 unspecified atom stereocenters. The molecule has 0 aliphatic rings. The first-order valence-electron chi connectivity index (χ1n) is 6.23. The molecule has 2 nitrogen and oxygen atoms in total. The van der Waals surface area contributed by atoms with Crippen molar-refractivity contribution in [1.82, 2.24) is 4.90 Å². The zero-order valence-corrected chi connectivity index (χ0v) is 11.2. The Kier molecular flexibility index (Phi) is 4.35. The van der Waals surface area contributed by atoms with E-state index in [2.05, 4.69) is 0 Å². The highest BCUT2D eigenvalue weighted by Crippen LogP contribution is 2.16. The van der Waals surface area contributed by atoms with E-state index < -0.39 is 11.6 Å². The van der Waals surface area contributed by atoms with E-state index >= 15 is 0 Å². The molecule has 0 aliphatic heterocycles. The van der Waals surface area contributed by atoms with E-state index in [1.54, 1.807) is 6.20 Å². The van der Waals surface area contributed by atoms with Gasteiger partial charge in [0.25, 0.3) is 0 Å². The summed E-state index contributed by atoms with van der Waals surface area (Å²) in [5.74, 6) is -1.04. The number of rotatable bonds is 4. The van der Waals surface area contributed by atoms with Crippen LogP contribution in [0.25, 0.3) is 5.70 Å². The molecule has 0 saturated heterocycles. The van der Waals surface area contributed by atoms with Crippen molar-refractivity contribution in [2.75, 3.05) is 7.05 Å². The molecule has 0 fully saturated rings. The summed E-state index contributed by atoms with van der Waals surface area (Å²) in [7, 11) is 1.83. The fraction of sp³-hybridized carbons (Fsp3) is 0.125. The lowest BCUT2D eigenvalue weighted by atomic mass is 10.1. The second-order valence-corrected chi connectivity index (χ2v) is 4.61. The monoisotopic (exact) mass is 274 g/mol. The average Bonchev–Trinajstić information content (AvgIpc) is 2.42. The van der Waals surface area contributed by atoms with Gasteiger partial charge < -0.3 is 10.6 Å². The van der Waals surface area contributed by atoms with Crippen molar-refractivity contribution < 1.29 is 8.78 Å². The molecule has 2 aromatic carbocycles. The maximum Gasteiger partial charge on any atom is 0.132 e. The first kappa shape index (κ1) is 14.1. The summed E-state index contributed by atoms with van der Waals surface area (Å²) >= 11 is 0. The van der Waals surface area contributed by atoms with Crippen LogP contribution in [0.2, 0.25) is 0 Å². The van der Waals surface area contributed by atoms with Crippen molar-refractivity contribution in [2.24, 2.45) is 5.73 Å². The van der Waals surface area contributed by atoms with Gasteiger partial charge in [0.15, 0.2) is 0 Å². The van der Waals surface area contributed by atoms with Crippen molar-refractivity contribution >= 4 is 5.70 Å². The maximum absolute atomic E-state index is 13.6. The molecule has 2 N–H and O–H groups in total. The average molecular weight is 274 g/mol. The molecule has 104 valence electrons. The Balaban J connectivity index is 2.15. The molecule has 2 aromatic rings. The molecule has 0 spiro atoms. The van der Waals surface area contributed by atoms with Crippen molar-refractivity contribution in [2.45, 2.75) is 6.54 Å². The van der Waals surface area contributed by atoms with Crippen LogP contribution in [0.5, 0.6) is 0 Å². The van der Waals surface area contributed by atoms with Crippen molar-refractivity contribution in [3.05, 3.63) is 77.5 Å². The van der Waals surface area contributed by atoms with Gasteiger partial charge in [-0.2, -0.15) is 0 Å². The van der Waals surface area contributed by atoms with Gasteiger partial charge in [-0.25, -0.2) is 8.78 Å². The molecule has 0 saturated carbocycles.